The second-order valence-corrected chi connectivity index (χ2v) is 6.66. The zero-order chi connectivity index (χ0) is 18.1. The summed E-state index contributed by atoms with van der Waals surface area (Å²) in [6.45, 7) is 1.57. The molecule has 4 rings (SSSR count). The van der Waals surface area contributed by atoms with Crippen molar-refractivity contribution in [1.82, 2.24) is 15.3 Å². The first kappa shape index (κ1) is 16.5. The second-order valence-electron chi connectivity index (χ2n) is 6.66. The summed E-state index contributed by atoms with van der Waals surface area (Å²) in [6, 6.07) is 10.2. The number of nitrogens with one attached hydrogen (secondary N) is 1. The van der Waals surface area contributed by atoms with Crippen molar-refractivity contribution in [2.45, 2.75) is 32.2 Å². The number of aromatic nitrogens is 2. The number of rotatable bonds is 3. The van der Waals surface area contributed by atoms with E-state index in [0.717, 1.165) is 46.9 Å². The molecule has 2 heterocycles. The van der Waals surface area contributed by atoms with E-state index in [9.17, 15) is 4.79 Å². The molecule has 132 valence electrons. The fraction of sp³-hybridized carbons (Fsp3) is 0.286. The van der Waals surface area contributed by atoms with Gasteiger partial charge in [-0.25, -0.2) is 4.98 Å². The van der Waals surface area contributed by atoms with Gasteiger partial charge in [-0.3, -0.25) is 9.78 Å². The Morgan fingerprint density at radius 3 is 2.92 bits per heavy atom. The molecule has 0 saturated carbocycles. The van der Waals surface area contributed by atoms with E-state index in [4.69, 9.17) is 4.74 Å². The Hall–Kier alpha value is -2.95. The van der Waals surface area contributed by atoms with Crippen LogP contribution in [0.2, 0.25) is 0 Å². The molecule has 1 aliphatic rings. The quantitative estimate of drug-likeness (QED) is 0.782. The van der Waals surface area contributed by atoms with Gasteiger partial charge in [0.1, 0.15) is 0 Å². The van der Waals surface area contributed by atoms with Crippen molar-refractivity contribution in [3.8, 4) is 17.0 Å². The molecule has 1 N–H and O–H groups in total. The molecule has 1 aliphatic carbocycles. The molecule has 26 heavy (non-hydrogen) atoms. The van der Waals surface area contributed by atoms with Crippen molar-refractivity contribution < 1.29 is 9.53 Å². The highest BCUT2D eigenvalue weighted by Gasteiger charge is 2.23. The smallest absolute Gasteiger partial charge is 0.217 e. The van der Waals surface area contributed by atoms with E-state index >= 15 is 0 Å². The summed E-state index contributed by atoms with van der Waals surface area (Å²) < 4.78 is 5.20. The summed E-state index contributed by atoms with van der Waals surface area (Å²) in [7, 11) is 1.62. The van der Waals surface area contributed by atoms with Crippen LogP contribution in [0.4, 0.5) is 0 Å². The van der Waals surface area contributed by atoms with Crippen molar-refractivity contribution in [2.24, 2.45) is 0 Å². The van der Waals surface area contributed by atoms with Crippen LogP contribution < -0.4 is 10.1 Å². The SMILES string of the molecule is COc1ccc2cc(-c3cncc4c3CCCC4NC(C)=O)ccc2n1. The molecule has 1 atom stereocenters. The number of pyridine rings is 2. The molecular formula is C21H21N3O2. The zero-order valence-electron chi connectivity index (χ0n) is 15.0. The van der Waals surface area contributed by atoms with E-state index in [-0.39, 0.29) is 11.9 Å². The summed E-state index contributed by atoms with van der Waals surface area (Å²) in [5.74, 6) is 0.612. The summed E-state index contributed by atoms with van der Waals surface area (Å²) in [6.07, 6.45) is 6.84. The third-order valence-electron chi connectivity index (χ3n) is 4.95. The predicted octanol–water partition coefficient (Wildman–Crippen LogP) is 3.82. The standard InChI is InChI=1S/C21H21N3O2/c1-13(25)23-20-5-3-4-16-17(11-22-12-18(16)20)14-6-8-19-15(10-14)7-9-21(24-19)26-2/h6-12,20H,3-5H2,1-2H3,(H,23,25). The molecule has 0 bridgehead atoms. The van der Waals surface area contributed by atoms with E-state index in [0.29, 0.717) is 5.88 Å². The number of nitrogens with zero attached hydrogens (tertiary/aromatic N) is 2. The number of methoxy groups -OCH3 is 1. The van der Waals surface area contributed by atoms with Crippen LogP contribution in [0, 0.1) is 0 Å². The lowest BCUT2D eigenvalue weighted by Gasteiger charge is -2.27. The van der Waals surface area contributed by atoms with Crippen molar-refractivity contribution in [3.63, 3.8) is 0 Å². The summed E-state index contributed by atoms with van der Waals surface area (Å²) in [4.78, 5) is 20.5. The zero-order valence-corrected chi connectivity index (χ0v) is 15.0. The molecule has 1 amide bonds. The van der Waals surface area contributed by atoms with Crippen LogP contribution >= 0.6 is 0 Å². The van der Waals surface area contributed by atoms with E-state index < -0.39 is 0 Å². The molecule has 0 fully saturated rings. The number of fused-ring (bicyclic) bond motifs is 2. The molecule has 3 aromatic rings. The molecule has 5 nitrogen and oxygen atoms in total. The van der Waals surface area contributed by atoms with Crippen LogP contribution in [0.5, 0.6) is 5.88 Å². The first-order valence-corrected chi connectivity index (χ1v) is 8.85. The first-order chi connectivity index (χ1) is 12.7. The van der Waals surface area contributed by atoms with Gasteiger partial charge < -0.3 is 10.1 Å². The van der Waals surface area contributed by atoms with Gasteiger partial charge in [0.05, 0.1) is 18.7 Å². The van der Waals surface area contributed by atoms with Crippen LogP contribution in [0.15, 0.2) is 42.7 Å². The Kier molecular flexibility index (Phi) is 4.29. The van der Waals surface area contributed by atoms with E-state index in [1.807, 2.05) is 30.6 Å². The lowest BCUT2D eigenvalue weighted by atomic mass is 9.84. The third-order valence-corrected chi connectivity index (χ3v) is 4.95. The number of benzene rings is 1. The molecule has 5 heteroatoms. The molecule has 0 aliphatic heterocycles. The third kappa shape index (κ3) is 3.01. The fourth-order valence-electron chi connectivity index (χ4n) is 3.75. The summed E-state index contributed by atoms with van der Waals surface area (Å²) in [5, 5.41) is 4.12. The van der Waals surface area contributed by atoms with Crippen LogP contribution in [0.1, 0.15) is 36.9 Å². The van der Waals surface area contributed by atoms with Gasteiger partial charge in [-0.05, 0) is 54.2 Å². The van der Waals surface area contributed by atoms with Gasteiger partial charge in [-0.1, -0.05) is 6.07 Å². The molecule has 1 unspecified atom stereocenters. The monoisotopic (exact) mass is 347 g/mol. The van der Waals surface area contributed by atoms with E-state index in [2.05, 4.69) is 27.4 Å². The van der Waals surface area contributed by atoms with Gasteiger partial charge in [-0.15, -0.1) is 0 Å². The minimum Gasteiger partial charge on any atom is -0.481 e. The van der Waals surface area contributed by atoms with Gasteiger partial charge in [0, 0.05) is 36.3 Å². The highest BCUT2D eigenvalue weighted by atomic mass is 16.5. The van der Waals surface area contributed by atoms with Gasteiger partial charge in [-0.2, -0.15) is 0 Å². The highest BCUT2D eigenvalue weighted by Crippen LogP contribution is 2.36. The van der Waals surface area contributed by atoms with Gasteiger partial charge in [0.15, 0.2) is 0 Å². The lowest BCUT2D eigenvalue weighted by Crippen LogP contribution is -2.29. The predicted molar refractivity (Wildman–Crippen MR) is 101 cm³/mol. The van der Waals surface area contributed by atoms with Crippen LogP contribution in [-0.4, -0.2) is 23.0 Å². The number of hydrogen-bond acceptors (Lipinski definition) is 4. The van der Waals surface area contributed by atoms with E-state index in [1.165, 1.54) is 5.56 Å². The van der Waals surface area contributed by atoms with Gasteiger partial charge in [0.2, 0.25) is 11.8 Å². The molecule has 0 saturated heterocycles. The number of hydrogen-bond donors (Lipinski definition) is 1. The van der Waals surface area contributed by atoms with Crippen LogP contribution in [-0.2, 0) is 11.2 Å². The average Bonchev–Trinajstić information content (AvgIpc) is 2.66. The Morgan fingerprint density at radius 2 is 2.12 bits per heavy atom. The Balaban J connectivity index is 1.79. The minimum atomic E-state index is -0.000945. The maximum absolute atomic E-state index is 11.5. The second kappa shape index (κ2) is 6.75. The Labute approximate surface area is 152 Å². The molecule has 2 aromatic heterocycles. The Bertz CT molecular complexity index is 984. The van der Waals surface area contributed by atoms with Gasteiger partial charge in [0.25, 0.3) is 0 Å². The first-order valence-electron chi connectivity index (χ1n) is 8.85. The number of carbonyl (C=O) groups is 1. The van der Waals surface area contributed by atoms with Gasteiger partial charge >= 0.3 is 0 Å². The van der Waals surface area contributed by atoms with Crippen LogP contribution in [0.25, 0.3) is 22.0 Å². The summed E-state index contributed by atoms with van der Waals surface area (Å²) in [5.41, 5.74) is 5.58. The molecular weight excluding hydrogens is 326 g/mol. The van der Waals surface area contributed by atoms with Crippen LogP contribution in [0.3, 0.4) is 0 Å². The normalized spacial score (nSPS) is 16.2. The summed E-state index contributed by atoms with van der Waals surface area (Å²) >= 11 is 0. The van der Waals surface area contributed by atoms with Crippen molar-refractivity contribution in [1.29, 1.82) is 0 Å². The lowest BCUT2D eigenvalue weighted by molar-refractivity contribution is -0.119. The fourth-order valence-corrected chi connectivity index (χ4v) is 3.75. The van der Waals surface area contributed by atoms with E-state index in [1.54, 1.807) is 14.0 Å². The minimum absolute atomic E-state index is 0.000945. The van der Waals surface area contributed by atoms with Crippen molar-refractivity contribution >= 4 is 16.8 Å². The maximum atomic E-state index is 11.5. The van der Waals surface area contributed by atoms with Crippen molar-refractivity contribution in [2.75, 3.05) is 7.11 Å². The average molecular weight is 347 g/mol. The maximum Gasteiger partial charge on any atom is 0.217 e. The Morgan fingerprint density at radius 1 is 1.23 bits per heavy atom. The largest absolute Gasteiger partial charge is 0.481 e. The molecule has 0 spiro atoms. The number of carbonyl (C=O) groups excluding carboxylic acids is 1. The molecule has 0 radical (unpaired) electrons. The molecule has 1 aromatic carbocycles. The van der Waals surface area contributed by atoms with Crippen molar-refractivity contribution in [3.05, 3.63) is 53.9 Å². The highest BCUT2D eigenvalue weighted by molar-refractivity contribution is 5.85. The number of amides is 1. The topological polar surface area (TPSA) is 64.1 Å². The number of ether oxygens (including phenoxy) is 1.